The molecular formula is C64H130N2O6P+. The van der Waals surface area contributed by atoms with Crippen molar-refractivity contribution in [3.05, 3.63) is 12.2 Å². The van der Waals surface area contributed by atoms with E-state index in [4.69, 9.17) is 9.05 Å². The second-order valence-electron chi connectivity index (χ2n) is 23.9. The number of amides is 1. The number of hydrogen-bond acceptors (Lipinski definition) is 5. The molecule has 0 aromatic heterocycles. The molecule has 3 N–H and O–H groups in total. The average Bonchev–Trinajstić information content (AvgIpc) is 3.35. The fourth-order valence-corrected chi connectivity index (χ4v) is 10.9. The summed E-state index contributed by atoms with van der Waals surface area (Å²) in [6.07, 6.45) is 70.1. The summed E-state index contributed by atoms with van der Waals surface area (Å²) in [7, 11) is 1.63. The maximum Gasteiger partial charge on any atom is 0.472 e. The summed E-state index contributed by atoms with van der Waals surface area (Å²) in [6, 6.07) is -0.759. The van der Waals surface area contributed by atoms with Gasteiger partial charge in [-0.3, -0.25) is 13.8 Å². The van der Waals surface area contributed by atoms with Gasteiger partial charge in [-0.05, 0) is 38.5 Å². The van der Waals surface area contributed by atoms with Crippen LogP contribution in [0.1, 0.15) is 341 Å². The lowest BCUT2D eigenvalue weighted by molar-refractivity contribution is -0.870. The van der Waals surface area contributed by atoms with Crippen molar-refractivity contribution in [1.29, 1.82) is 0 Å². The number of unbranched alkanes of at least 4 members (excludes halogenated alkanes) is 46. The monoisotopic (exact) mass is 1050 g/mol. The number of nitrogens with one attached hydrogen (secondary N) is 1. The summed E-state index contributed by atoms with van der Waals surface area (Å²) in [5.74, 6) is -0.138. The van der Waals surface area contributed by atoms with Crippen molar-refractivity contribution in [2.75, 3.05) is 40.9 Å². The molecule has 0 radical (unpaired) electrons. The van der Waals surface area contributed by atoms with Crippen LogP contribution in [0.15, 0.2) is 12.2 Å². The van der Waals surface area contributed by atoms with Gasteiger partial charge in [0.1, 0.15) is 13.2 Å². The molecule has 3 atom stereocenters. The molecule has 8 nitrogen and oxygen atoms in total. The Morgan fingerprint density at radius 2 is 0.740 bits per heavy atom. The van der Waals surface area contributed by atoms with E-state index in [-0.39, 0.29) is 19.1 Å². The highest BCUT2D eigenvalue weighted by molar-refractivity contribution is 7.47. The first-order valence-corrected chi connectivity index (χ1v) is 34.0. The Morgan fingerprint density at radius 1 is 0.452 bits per heavy atom. The van der Waals surface area contributed by atoms with Gasteiger partial charge < -0.3 is 19.8 Å². The molecule has 73 heavy (non-hydrogen) atoms. The van der Waals surface area contributed by atoms with Gasteiger partial charge in [-0.2, -0.15) is 0 Å². The van der Waals surface area contributed by atoms with Crippen LogP contribution in [-0.4, -0.2) is 73.4 Å². The zero-order chi connectivity index (χ0) is 53.5. The van der Waals surface area contributed by atoms with Gasteiger partial charge >= 0.3 is 7.82 Å². The van der Waals surface area contributed by atoms with Crippen LogP contribution in [0.5, 0.6) is 0 Å². The maximum atomic E-state index is 13.0. The third-order valence-electron chi connectivity index (χ3n) is 15.3. The van der Waals surface area contributed by atoms with Crippen LogP contribution in [0.2, 0.25) is 0 Å². The van der Waals surface area contributed by atoms with Crippen LogP contribution in [0.25, 0.3) is 0 Å². The number of aliphatic hydroxyl groups excluding tert-OH is 1. The van der Waals surface area contributed by atoms with Crippen LogP contribution >= 0.6 is 7.82 Å². The van der Waals surface area contributed by atoms with Gasteiger partial charge in [0, 0.05) is 6.42 Å². The molecule has 0 saturated carbocycles. The minimum absolute atomic E-state index is 0.0774. The zero-order valence-corrected chi connectivity index (χ0v) is 50.8. The number of allylic oxidation sites excluding steroid dienone is 2. The van der Waals surface area contributed by atoms with Crippen LogP contribution in [-0.2, 0) is 18.4 Å². The molecule has 0 spiro atoms. The smallest absolute Gasteiger partial charge is 0.391 e. The highest BCUT2D eigenvalue weighted by Crippen LogP contribution is 2.43. The molecule has 0 rings (SSSR count). The molecule has 1 amide bonds. The van der Waals surface area contributed by atoms with Crippen LogP contribution in [0, 0.1) is 0 Å². The molecule has 0 aliphatic rings. The second kappa shape index (κ2) is 56.0. The predicted octanol–water partition coefficient (Wildman–Crippen LogP) is 20.2. The fourth-order valence-electron chi connectivity index (χ4n) is 10.2. The SMILES string of the molecule is CCCCCCCCCCCCCC/C=C\CCCCCCCCCCCCCC(=O)NC(COP(=O)(O)OCC[N+](C)(C)C)C(O)CCCCCCCCCCCCCCCCCCCCCCCCCC. The van der Waals surface area contributed by atoms with Crippen LogP contribution < -0.4 is 5.32 Å². The van der Waals surface area contributed by atoms with Crippen molar-refractivity contribution in [2.45, 2.75) is 353 Å². The first-order valence-electron chi connectivity index (χ1n) is 32.6. The van der Waals surface area contributed by atoms with Crippen molar-refractivity contribution >= 4 is 13.7 Å². The minimum Gasteiger partial charge on any atom is -0.391 e. The number of aliphatic hydroxyl groups is 1. The van der Waals surface area contributed by atoms with Gasteiger partial charge in [-0.15, -0.1) is 0 Å². The Hall–Kier alpha value is -0.760. The van der Waals surface area contributed by atoms with Gasteiger partial charge in [-0.1, -0.05) is 309 Å². The van der Waals surface area contributed by atoms with E-state index < -0.39 is 20.0 Å². The van der Waals surface area contributed by atoms with E-state index >= 15 is 0 Å². The van der Waals surface area contributed by atoms with Crippen molar-refractivity contribution < 1.29 is 32.9 Å². The standard InChI is InChI=1S/C64H129N2O6P/c1-6-8-10-12-14-16-18-20-22-24-26-28-30-32-33-34-36-38-40-42-44-46-48-50-52-54-56-58-64(68)65-62(61-72-73(69,70)71-60-59-66(3,4)5)63(67)57-55-53-51-49-47-45-43-41-39-37-35-31-29-27-25-23-21-19-17-15-13-11-9-7-2/h32-33,62-63,67H,6-31,34-61H2,1-5H3,(H-,65,68,69,70)/p+1/b33-32-. The molecule has 0 aromatic carbocycles. The number of phosphoric acid groups is 1. The third kappa shape index (κ3) is 58.8. The van der Waals surface area contributed by atoms with E-state index in [2.05, 4.69) is 31.3 Å². The molecule has 0 bridgehead atoms. The Bertz CT molecular complexity index is 1200. The molecule has 0 aromatic rings. The number of carbonyl (C=O) groups is 1. The van der Waals surface area contributed by atoms with E-state index in [0.29, 0.717) is 23.9 Å². The Balaban J connectivity index is 4.06. The number of nitrogens with zero attached hydrogens (tertiary/aromatic N) is 1. The number of rotatable bonds is 61. The Labute approximate surface area is 456 Å². The number of carbonyl (C=O) groups excluding carboxylic acids is 1. The quantitative estimate of drug-likeness (QED) is 0.0243. The molecule has 436 valence electrons. The summed E-state index contributed by atoms with van der Waals surface area (Å²) in [5.41, 5.74) is 0. The van der Waals surface area contributed by atoms with E-state index in [1.165, 1.54) is 276 Å². The molecule has 0 saturated heterocycles. The minimum atomic E-state index is -4.32. The van der Waals surface area contributed by atoms with E-state index in [0.717, 1.165) is 38.5 Å². The Kier molecular flexibility index (Phi) is 55.4. The zero-order valence-electron chi connectivity index (χ0n) is 49.9. The molecule has 0 aliphatic carbocycles. The molecule has 3 unspecified atom stereocenters. The highest BCUT2D eigenvalue weighted by atomic mass is 31.2. The van der Waals surface area contributed by atoms with E-state index in [1.54, 1.807) is 0 Å². The fraction of sp³-hybridized carbons (Fsp3) is 0.953. The van der Waals surface area contributed by atoms with Crippen LogP contribution in [0.4, 0.5) is 0 Å². The number of hydrogen-bond donors (Lipinski definition) is 3. The number of quaternary nitrogens is 1. The Morgan fingerprint density at radius 3 is 1.05 bits per heavy atom. The lowest BCUT2D eigenvalue weighted by Gasteiger charge is -2.26. The second-order valence-corrected chi connectivity index (χ2v) is 25.3. The van der Waals surface area contributed by atoms with Gasteiger partial charge in [-0.25, -0.2) is 4.57 Å². The summed E-state index contributed by atoms with van der Waals surface area (Å²) in [6.45, 7) is 4.95. The van der Waals surface area contributed by atoms with E-state index in [9.17, 15) is 19.4 Å². The normalized spacial score (nSPS) is 13.8. The van der Waals surface area contributed by atoms with Gasteiger partial charge in [0.25, 0.3) is 0 Å². The molecule has 0 fully saturated rings. The summed E-state index contributed by atoms with van der Waals surface area (Å²) < 4.78 is 23.9. The molecular weight excluding hydrogens is 924 g/mol. The molecule has 0 aliphatic heterocycles. The van der Waals surface area contributed by atoms with Crippen molar-refractivity contribution in [3.8, 4) is 0 Å². The van der Waals surface area contributed by atoms with Gasteiger partial charge in [0.05, 0.1) is 39.9 Å². The first kappa shape index (κ1) is 72.2. The summed E-state index contributed by atoms with van der Waals surface area (Å²) >= 11 is 0. The van der Waals surface area contributed by atoms with Crippen LogP contribution in [0.3, 0.4) is 0 Å². The largest absolute Gasteiger partial charge is 0.472 e. The lowest BCUT2D eigenvalue weighted by Crippen LogP contribution is -2.46. The van der Waals surface area contributed by atoms with Crippen molar-refractivity contribution in [2.24, 2.45) is 0 Å². The lowest BCUT2D eigenvalue weighted by atomic mass is 10.0. The summed E-state index contributed by atoms with van der Waals surface area (Å²) in [5, 5.41) is 14.1. The first-order chi connectivity index (χ1) is 35.5. The molecule has 9 heteroatoms. The van der Waals surface area contributed by atoms with Gasteiger partial charge in [0.15, 0.2) is 0 Å². The topological polar surface area (TPSA) is 105 Å². The number of phosphoric ester groups is 1. The summed E-state index contributed by atoms with van der Waals surface area (Å²) in [4.78, 5) is 23.4. The predicted molar refractivity (Wildman–Crippen MR) is 319 cm³/mol. The highest BCUT2D eigenvalue weighted by Gasteiger charge is 2.28. The molecule has 0 heterocycles. The van der Waals surface area contributed by atoms with E-state index in [1.807, 2.05) is 21.1 Å². The van der Waals surface area contributed by atoms with Crippen molar-refractivity contribution in [1.82, 2.24) is 5.32 Å². The van der Waals surface area contributed by atoms with Gasteiger partial charge in [0.2, 0.25) is 5.91 Å². The average molecular weight is 1050 g/mol. The number of likely N-dealkylation sites (N-methyl/N-ethyl adjacent to an activating group) is 1. The van der Waals surface area contributed by atoms with Crippen molar-refractivity contribution in [3.63, 3.8) is 0 Å². The maximum absolute atomic E-state index is 13.0. The third-order valence-corrected chi connectivity index (χ3v) is 16.2.